The van der Waals surface area contributed by atoms with Gasteiger partial charge in [0.05, 0.1) is 35.5 Å². The van der Waals surface area contributed by atoms with Crippen molar-refractivity contribution in [1.82, 2.24) is 19.6 Å². The van der Waals surface area contributed by atoms with Crippen LogP contribution in [0.5, 0.6) is 0 Å². The van der Waals surface area contributed by atoms with Gasteiger partial charge < -0.3 is 20.9 Å². The zero-order valence-electron chi connectivity index (χ0n) is 31.8. The van der Waals surface area contributed by atoms with Gasteiger partial charge in [0, 0.05) is 66.8 Å². The largest absolute Gasteiger partial charge is 0.369 e. The average molecular weight is 705 g/mol. The topological polar surface area (TPSA) is 52.3 Å². The monoisotopic (exact) mass is 704 g/mol. The quantitative estimate of drug-likeness (QED) is 0.248. The van der Waals surface area contributed by atoms with Crippen molar-refractivity contribution in [3.63, 3.8) is 0 Å². The predicted molar refractivity (Wildman–Crippen MR) is 214 cm³/mol. The fourth-order valence-corrected chi connectivity index (χ4v) is 14.3. The van der Waals surface area contributed by atoms with Gasteiger partial charge in [-0.3, -0.25) is 19.6 Å². The minimum atomic E-state index is -0.174. The molecule has 4 aromatic carbocycles. The van der Waals surface area contributed by atoms with Crippen LogP contribution in [-0.4, -0.2) is 106 Å². The van der Waals surface area contributed by atoms with Gasteiger partial charge in [0.25, 0.3) is 0 Å². The van der Waals surface area contributed by atoms with Crippen LogP contribution in [0.25, 0.3) is 0 Å². The van der Waals surface area contributed by atoms with Crippen molar-refractivity contribution in [3.05, 3.63) is 118 Å². The Balaban J connectivity index is 1.08. The molecule has 8 atom stereocenters. The first-order valence-corrected chi connectivity index (χ1v) is 20.1. The lowest BCUT2D eigenvalue weighted by atomic mass is 9.54. The molecule has 4 aromatic rings. The van der Waals surface area contributed by atoms with Gasteiger partial charge in [0.1, 0.15) is 0 Å². The number of fused-ring (bicyclic) bond motifs is 13. The maximum absolute atomic E-state index is 4.37. The molecule has 0 spiro atoms. The maximum Gasteiger partial charge on any atom is 0.0956 e. The molecule has 0 saturated carbocycles. The smallest absolute Gasteiger partial charge is 0.0956 e. The molecule has 4 saturated heterocycles. The summed E-state index contributed by atoms with van der Waals surface area (Å²) in [6, 6.07) is 33.2. The van der Waals surface area contributed by atoms with Gasteiger partial charge in [-0.1, -0.05) is 72.8 Å². The molecule has 8 heterocycles. The third kappa shape index (κ3) is 3.30. The van der Waals surface area contributed by atoms with E-state index >= 15 is 0 Å². The molecule has 272 valence electrons. The number of benzene rings is 4. The van der Waals surface area contributed by atoms with Crippen molar-refractivity contribution >= 4 is 22.7 Å². The van der Waals surface area contributed by atoms with E-state index in [-0.39, 0.29) is 40.2 Å². The van der Waals surface area contributed by atoms with E-state index in [1.807, 2.05) is 0 Å². The molecule has 53 heavy (non-hydrogen) atoms. The molecule has 12 rings (SSSR count). The van der Waals surface area contributed by atoms with Gasteiger partial charge in [-0.2, -0.15) is 0 Å². The van der Waals surface area contributed by atoms with Crippen LogP contribution >= 0.6 is 0 Å². The van der Waals surface area contributed by atoms with Crippen LogP contribution < -0.4 is 20.9 Å². The molecular weight excluding hydrogens is 653 g/mol. The number of para-hydroxylation sites is 4. The Labute approximate surface area is 314 Å². The highest BCUT2D eigenvalue weighted by Gasteiger charge is 2.72. The van der Waals surface area contributed by atoms with Crippen molar-refractivity contribution < 1.29 is 0 Å². The number of nitrogens with one attached hydrogen (secondary N) is 3. The van der Waals surface area contributed by atoms with Crippen molar-refractivity contribution in [2.45, 2.75) is 72.0 Å². The van der Waals surface area contributed by atoms with E-state index in [1.165, 1.54) is 56.1 Å². The van der Waals surface area contributed by atoms with E-state index in [2.05, 4.69) is 161 Å². The van der Waals surface area contributed by atoms with Crippen molar-refractivity contribution in [2.24, 2.45) is 0 Å². The van der Waals surface area contributed by atoms with Crippen LogP contribution in [0.1, 0.15) is 59.1 Å². The first kappa shape index (κ1) is 31.3. The number of likely N-dealkylation sites (N-methyl/N-ethyl adjacent to an activating group) is 5. The fraction of sp³-hybridized carbons (Fsp3) is 0.467. The second-order valence-electron chi connectivity index (χ2n) is 18.0. The SMILES string of the molecule is CN1CCC2(c3cccc4c3NC3N(C)CCC43C34CCN(C)C3Nc3ccccc34)c3cccc(C45CCN(C)C4N(C)c4ccccc45)c3NC12. The summed E-state index contributed by atoms with van der Waals surface area (Å²) in [6.45, 7) is 4.35. The molecule has 8 unspecified atom stereocenters. The van der Waals surface area contributed by atoms with E-state index in [4.69, 9.17) is 0 Å². The van der Waals surface area contributed by atoms with Crippen LogP contribution in [0.15, 0.2) is 84.9 Å². The highest BCUT2D eigenvalue weighted by Crippen LogP contribution is 2.68. The first-order chi connectivity index (χ1) is 25.8. The minimum absolute atomic E-state index is 0.0300. The van der Waals surface area contributed by atoms with Gasteiger partial charge in [-0.05, 0) is 99.4 Å². The number of rotatable bonds is 3. The van der Waals surface area contributed by atoms with E-state index < -0.39 is 0 Å². The molecule has 8 heteroatoms. The average Bonchev–Trinajstić information content (AvgIpc) is 4.04. The van der Waals surface area contributed by atoms with E-state index in [0.29, 0.717) is 6.17 Å². The Morgan fingerprint density at radius 3 is 1.70 bits per heavy atom. The molecule has 4 fully saturated rings. The molecule has 8 aliphatic rings. The fourth-order valence-electron chi connectivity index (χ4n) is 14.3. The summed E-state index contributed by atoms with van der Waals surface area (Å²) >= 11 is 0. The van der Waals surface area contributed by atoms with Crippen molar-refractivity contribution in [3.8, 4) is 0 Å². The summed E-state index contributed by atoms with van der Waals surface area (Å²) in [6.07, 6.45) is 5.50. The highest BCUT2D eigenvalue weighted by atomic mass is 15.4. The van der Waals surface area contributed by atoms with Crippen molar-refractivity contribution in [2.75, 3.05) is 82.3 Å². The lowest BCUT2D eigenvalue weighted by Gasteiger charge is -2.48. The zero-order chi connectivity index (χ0) is 35.6. The Kier molecular flexibility index (Phi) is 6.00. The third-order valence-corrected chi connectivity index (χ3v) is 16.3. The number of likely N-dealkylation sites (tertiary alicyclic amines) is 4. The van der Waals surface area contributed by atoms with E-state index in [1.54, 1.807) is 0 Å². The molecule has 8 aliphatic heterocycles. The normalized spacial score (nSPS) is 37.7. The summed E-state index contributed by atoms with van der Waals surface area (Å²) in [4.78, 5) is 13.0. The summed E-state index contributed by atoms with van der Waals surface area (Å²) in [5.41, 5.74) is 14.1. The number of hydrogen-bond donors (Lipinski definition) is 3. The maximum atomic E-state index is 4.37. The van der Waals surface area contributed by atoms with Gasteiger partial charge in [-0.25, -0.2) is 0 Å². The molecule has 0 aromatic heterocycles. The molecule has 0 aliphatic carbocycles. The van der Waals surface area contributed by atoms with Crippen molar-refractivity contribution in [1.29, 1.82) is 0 Å². The van der Waals surface area contributed by atoms with Gasteiger partial charge >= 0.3 is 0 Å². The second kappa shape index (κ2) is 10.2. The zero-order valence-corrected chi connectivity index (χ0v) is 31.8. The van der Waals surface area contributed by atoms with E-state index in [0.717, 1.165) is 51.9 Å². The summed E-state index contributed by atoms with van der Waals surface area (Å²) < 4.78 is 0. The molecule has 0 bridgehead atoms. The van der Waals surface area contributed by atoms with Crippen LogP contribution in [0.3, 0.4) is 0 Å². The number of nitrogens with zero attached hydrogens (tertiary/aromatic N) is 5. The van der Waals surface area contributed by atoms with Gasteiger partial charge in [-0.15, -0.1) is 0 Å². The predicted octanol–water partition coefficient (Wildman–Crippen LogP) is 5.81. The Morgan fingerprint density at radius 1 is 0.453 bits per heavy atom. The van der Waals surface area contributed by atoms with Gasteiger partial charge in [0.15, 0.2) is 0 Å². The van der Waals surface area contributed by atoms with Crippen LogP contribution in [-0.2, 0) is 21.7 Å². The third-order valence-electron chi connectivity index (χ3n) is 16.3. The molecule has 8 nitrogen and oxygen atoms in total. The highest BCUT2D eigenvalue weighted by molar-refractivity contribution is 5.82. The number of hydrogen-bond acceptors (Lipinski definition) is 8. The molecule has 0 radical (unpaired) electrons. The van der Waals surface area contributed by atoms with Crippen LogP contribution in [0.2, 0.25) is 0 Å². The van der Waals surface area contributed by atoms with Crippen LogP contribution in [0.4, 0.5) is 22.7 Å². The summed E-state index contributed by atoms with van der Waals surface area (Å²) in [5, 5.41) is 12.7. The summed E-state index contributed by atoms with van der Waals surface area (Å²) in [7, 11) is 11.7. The Hall–Kier alpha value is -4.08. The first-order valence-electron chi connectivity index (χ1n) is 20.1. The van der Waals surface area contributed by atoms with Gasteiger partial charge in [0.2, 0.25) is 0 Å². The summed E-state index contributed by atoms with van der Waals surface area (Å²) in [5.74, 6) is 0. The second-order valence-corrected chi connectivity index (χ2v) is 18.0. The minimum Gasteiger partial charge on any atom is -0.369 e. The Bertz CT molecular complexity index is 2220. The standard InChI is InChI=1S/C45H52N8/c1-49-24-20-42(30-14-10-16-32(36(30)47-38(42)49)43-21-25-52(4)41(43)53(5)35-19-9-7-13-29(35)43)31-15-11-17-33-37(31)48-40-45(33,23-27-51(40)3)44-22-26-50(2)39(44)46-34-18-8-6-12-28(34)44/h6-19,38-41,46-48H,20-27H2,1-5H3. The van der Waals surface area contributed by atoms with Crippen LogP contribution in [0, 0.1) is 0 Å². The molecule has 0 amide bonds. The van der Waals surface area contributed by atoms with E-state index in [9.17, 15) is 0 Å². The number of anilines is 4. The Morgan fingerprint density at radius 2 is 0.943 bits per heavy atom. The lowest BCUT2D eigenvalue weighted by molar-refractivity contribution is 0.147. The molecule has 3 N–H and O–H groups in total. The molecular formula is C45H52N8. The lowest BCUT2D eigenvalue weighted by Crippen LogP contribution is -2.60.